The van der Waals surface area contributed by atoms with Gasteiger partial charge in [-0.1, -0.05) is 6.92 Å². The number of aryl methyl sites for hydroxylation is 1. The maximum absolute atomic E-state index is 11.7. The van der Waals surface area contributed by atoms with Gasteiger partial charge in [-0.15, -0.1) is 11.3 Å². The van der Waals surface area contributed by atoms with Crippen LogP contribution in [0.1, 0.15) is 56.8 Å². The first-order valence-corrected chi connectivity index (χ1v) is 7.76. The minimum Gasteiger partial charge on any atom is -0.351 e. The van der Waals surface area contributed by atoms with Crippen molar-refractivity contribution in [3.8, 4) is 0 Å². The summed E-state index contributed by atoms with van der Waals surface area (Å²) in [6.07, 6.45) is 1.61. The molecular weight excluding hydrogens is 256 g/mol. The zero-order chi connectivity index (χ0) is 14.5. The molecule has 4 heteroatoms. The monoisotopic (exact) mass is 282 g/mol. The van der Waals surface area contributed by atoms with Gasteiger partial charge < -0.3 is 10.6 Å². The molecule has 1 atom stereocenters. The predicted octanol–water partition coefficient (Wildman–Crippen LogP) is 3.27. The number of amides is 1. The Labute approximate surface area is 120 Å². The number of thiophene rings is 1. The van der Waals surface area contributed by atoms with Crippen molar-refractivity contribution in [2.75, 3.05) is 6.54 Å². The zero-order valence-electron chi connectivity index (χ0n) is 12.7. The van der Waals surface area contributed by atoms with Gasteiger partial charge in [0.05, 0.1) is 0 Å². The Hall–Kier alpha value is -0.870. The summed E-state index contributed by atoms with van der Waals surface area (Å²) < 4.78 is 0. The molecule has 1 aromatic rings. The van der Waals surface area contributed by atoms with E-state index in [9.17, 15) is 4.79 Å². The molecule has 0 aromatic carbocycles. The van der Waals surface area contributed by atoms with Crippen LogP contribution in [0.5, 0.6) is 0 Å². The third-order valence-electron chi connectivity index (χ3n) is 2.77. The molecule has 1 rings (SSSR count). The quantitative estimate of drug-likeness (QED) is 0.841. The van der Waals surface area contributed by atoms with Crippen LogP contribution in [0.3, 0.4) is 0 Å². The second-order valence-corrected chi connectivity index (χ2v) is 7.08. The van der Waals surface area contributed by atoms with Gasteiger partial charge in [-0.05, 0) is 46.2 Å². The number of rotatable bonds is 6. The molecule has 1 aromatic heterocycles. The highest BCUT2D eigenvalue weighted by Gasteiger charge is 2.14. The lowest BCUT2D eigenvalue weighted by atomic mass is 10.1. The van der Waals surface area contributed by atoms with Crippen LogP contribution in [0.2, 0.25) is 0 Å². The van der Waals surface area contributed by atoms with Crippen molar-refractivity contribution in [1.82, 2.24) is 10.6 Å². The standard InChI is InChI=1S/C15H26N2OS/c1-6-12-7-8-13(19-12)11(2)16-10-9-14(18)17-15(3,4)5/h7-8,11,16H,6,9-10H2,1-5H3,(H,17,18). The molecule has 0 spiro atoms. The lowest BCUT2D eigenvalue weighted by Crippen LogP contribution is -2.41. The molecule has 0 saturated carbocycles. The number of carbonyl (C=O) groups excluding carboxylic acids is 1. The summed E-state index contributed by atoms with van der Waals surface area (Å²) in [7, 11) is 0. The lowest BCUT2D eigenvalue weighted by molar-refractivity contribution is -0.122. The van der Waals surface area contributed by atoms with Gasteiger partial charge in [0, 0.05) is 34.3 Å². The van der Waals surface area contributed by atoms with Crippen molar-refractivity contribution in [2.45, 2.75) is 59.0 Å². The second kappa shape index (κ2) is 7.06. The molecule has 0 fully saturated rings. The normalized spacial score (nSPS) is 13.3. The minimum atomic E-state index is -0.146. The average Bonchev–Trinajstić information content (AvgIpc) is 2.74. The Bertz CT molecular complexity index is 407. The number of carbonyl (C=O) groups is 1. The van der Waals surface area contributed by atoms with Gasteiger partial charge in [-0.25, -0.2) is 0 Å². The van der Waals surface area contributed by atoms with E-state index in [0.717, 1.165) is 6.42 Å². The van der Waals surface area contributed by atoms with Crippen LogP contribution in [-0.2, 0) is 11.2 Å². The van der Waals surface area contributed by atoms with Crippen LogP contribution in [0.15, 0.2) is 12.1 Å². The van der Waals surface area contributed by atoms with Crippen LogP contribution >= 0.6 is 11.3 Å². The Morgan fingerprint density at radius 2 is 2.05 bits per heavy atom. The van der Waals surface area contributed by atoms with Crippen LogP contribution in [0.25, 0.3) is 0 Å². The predicted molar refractivity (Wildman–Crippen MR) is 82.6 cm³/mol. The summed E-state index contributed by atoms with van der Waals surface area (Å²) in [5.74, 6) is 0.104. The summed E-state index contributed by atoms with van der Waals surface area (Å²) >= 11 is 1.85. The number of hydrogen-bond acceptors (Lipinski definition) is 3. The van der Waals surface area contributed by atoms with E-state index in [1.54, 1.807) is 0 Å². The minimum absolute atomic E-state index is 0.104. The molecule has 1 amide bonds. The molecular formula is C15H26N2OS. The Morgan fingerprint density at radius 1 is 1.37 bits per heavy atom. The Balaban J connectivity index is 2.31. The summed E-state index contributed by atoms with van der Waals surface area (Å²) in [5, 5.41) is 6.37. The van der Waals surface area contributed by atoms with Crippen LogP contribution < -0.4 is 10.6 Å². The third-order valence-corrected chi connectivity index (χ3v) is 4.19. The molecule has 3 nitrogen and oxygen atoms in total. The molecule has 0 aliphatic rings. The van der Waals surface area contributed by atoms with Gasteiger partial charge in [0.25, 0.3) is 0 Å². The second-order valence-electron chi connectivity index (χ2n) is 5.88. The fourth-order valence-corrected chi connectivity index (χ4v) is 2.78. The van der Waals surface area contributed by atoms with Crippen molar-refractivity contribution in [2.24, 2.45) is 0 Å². The van der Waals surface area contributed by atoms with E-state index >= 15 is 0 Å². The molecule has 0 saturated heterocycles. The van der Waals surface area contributed by atoms with Crippen molar-refractivity contribution < 1.29 is 4.79 Å². The van der Waals surface area contributed by atoms with Gasteiger partial charge in [0.15, 0.2) is 0 Å². The number of hydrogen-bond donors (Lipinski definition) is 2. The SMILES string of the molecule is CCc1ccc(C(C)NCCC(=O)NC(C)(C)C)s1. The Kier molecular flexibility index (Phi) is 6.01. The first kappa shape index (κ1) is 16.2. The van der Waals surface area contributed by atoms with E-state index in [4.69, 9.17) is 0 Å². The molecule has 19 heavy (non-hydrogen) atoms. The van der Waals surface area contributed by atoms with Crippen LogP contribution in [-0.4, -0.2) is 18.0 Å². The van der Waals surface area contributed by atoms with E-state index < -0.39 is 0 Å². The summed E-state index contributed by atoms with van der Waals surface area (Å²) in [4.78, 5) is 14.4. The van der Waals surface area contributed by atoms with Gasteiger partial charge in [0.1, 0.15) is 0 Å². The van der Waals surface area contributed by atoms with Gasteiger partial charge in [-0.2, -0.15) is 0 Å². The molecule has 0 aliphatic carbocycles. The van der Waals surface area contributed by atoms with Crippen molar-refractivity contribution in [3.63, 3.8) is 0 Å². The molecule has 0 aliphatic heterocycles. The number of nitrogens with one attached hydrogen (secondary N) is 2. The first-order valence-electron chi connectivity index (χ1n) is 6.95. The molecule has 2 N–H and O–H groups in total. The van der Waals surface area contributed by atoms with Gasteiger partial charge in [-0.3, -0.25) is 4.79 Å². The molecule has 1 heterocycles. The van der Waals surface area contributed by atoms with E-state index in [1.165, 1.54) is 9.75 Å². The van der Waals surface area contributed by atoms with E-state index in [0.29, 0.717) is 19.0 Å². The fourth-order valence-electron chi connectivity index (χ4n) is 1.80. The van der Waals surface area contributed by atoms with E-state index in [-0.39, 0.29) is 11.4 Å². The zero-order valence-corrected chi connectivity index (χ0v) is 13.5. The maximum atomic E-state index is 11.7. The highest BCUT2D eigenvalue weighted by Crippen LogP contribution is 2.23. The highest BCUT2D eigenvalue weighted by molar-refractivity contribution is 7.12. The third kappa shape index (κ3) is 6.21. The fraction of sp³-hybridized carbons (Fsp3) is 0.667. The largest absolute Gasteiger partial charge is 0.351 e. The van der Waals surface area contributed by atoms with Crippen molar-refractivity contribution in [1.29, 1.82) is 0 Å². The lowest BCUT2D eigenvalue weighted by Gasteiger charge is -2.21. The van der Waals surface area contributed by atoms with Gasteiger partial charge in [0.2, 0.25) is 5.91 Å². The van der Waals surface area contributed by atoms with Crippen LogP contribution in [0, 0.1) is 0 Å². The van der Waals surface area contributed by atoms with Crippen molar-refractivity contribution in [3.05, 3.63) is 21.9 Å². The molecule has 0 radical (unpaired) electrons. The van der Waals surface area contributed by atoms with Crippen molar-refractivity contribution >= 4 is 17.2 Å². The smallest absolute Gasteiger partial charge is 0.221 e. The maximum Gasteiger partial charge on any atom is 0.221 e. The van der Waals surface area contributed by atoms with Crippen LogP contribution in [0.4, 0.5) is 0 Å². The Morgan fingerprint density at radius 3 is 2.58 bits per heavy atom. The highest BCUT2D eigenvalue weighted by atomic mass is 32.1. The first-order chi connectivity index (χ1) is 8.81. The average molecular weight is 282 g/mol. The topological polar surface area (TPSA) is 41.1 Å². The summed E-state index contributed by atoms with van der Waals surface area (Å²) in [6.45, 7) is 11.0. The van der Waals surface area contributed by atoms with Gasteiger partial charge >= 0.3 is 0 Å². The van der Waals surface area contributed by atoms with E-state index in [1.807, 2.05) is 32.1 Å². The summed E-state index contributed by atoms with van der Waals surface area (Å²) in [5.41, 5.74) is -0.146. The molecule has 1 unspecified atom stereocenters. The van der Waals surface area contributed by atoms with E-state index in [2.05, 4.69) is 36.6 Å². The summed E-state index contributed by atoms with van der Waals surface area (Å²) in [6, 6.07) is 4.67. The molecule has 0 bridgehead atoms. The molecule has 108 valence electrons.